The number of carbonyl (C=O) groups excluding carboxylic acids is 1. The van der Waals surface area contributed by atoms with Crippen LogP contribution in [0, 0.1) is 0 Å². The molecule has 2 unspecified atom stereocenters. The number of likely N-dealkylation sites (tertiary alicyclic amines) is 1. The van der Waals surface area contributed by atoms with Crippen molar-refractivity contribution in [1.82, 2.24) is 25.0 Å². The van der Waals surface area contributed by atoms with Crippen LogP contribution in [0.25, 0.3) is 11.3 Å². The lowest BCUT2D eigenvalue weighted by Gasteiger charge is -2.25. The number of nitrogens with one attached hydrogen (secondary N) is 1. The van der Waals surface area contributed by atoms with E-state index in [2.05, 4.69) is 15.4 Å². The Labute approximate surface area is 201 Å². The van der Waals surface area contributed by atoms with Gasteiger partial charge in [-0.05, 0) is 37.0 Å². The third-order valence-electron chi connectivity index (χ3n) is 7.19. The van der Waals surface area contributed by atoms with Gasteiger partial charge in [-0.15, -0.1) is 0 Å². The van der Waals surface area contributed by atoms with E-state index in [4.69, 9.17) is 5.73 Å². The van der Waals surface area contributed by atoms with Gasteiger partial charge in [-0.1, -0.05) is 37.3 Å². The number of amides is 2. The fraction of sp³-hybridized carbons (Fsp3) is 0.400. The van der Waals surface area contributed by atoms with Gasteiger partial charge in [-0.25, -0.2) is 9.78 Å². The average Bonchev–Trinajstić information content (AvgIpc) is 3.54. The van der Waals surface area contributed by atoms with E-state index >= 15 is 0 Å². The molecule has 2 aliphatic heterocycles. The number of nitrogens with zero attached hydrogens (tertiary/aromatic N) is 4. The summed E-state index contributed by atoms with van der Waals surface area (Å²) in [4.78, 5) is 18.7. The summed E-state index contributed by atoms with van der Waals surface area (Å²) in [5.41, 5.74) is 6.93. The highest BCUT2D eigenvalue weighted by Crippen LogP contribution is 2.44. The van der Waals surface area contributed by atoms with Crippen LogP contribution in [0.5, 0.6) is 0 Å². The SMILES string of the molecule is CCC(NC(=O)N1CCC2(CCn3nc(-c4cnc(N)c(C(F)(F)F)c4)cc32)C1)c1ccccc1. The van der Waals surface area contributed by atoms with Crippen molar-refractivity contribution in [2.45, 2.75) is 50.4 Å². The highest BCUT2D eigenvalue weighted by atomic mass is 19.4. The molecule has 0 radical (unpaired) electrons. The lowest BCUT2D eigenvalue weighted by atomic mass is 9.82. The molecule has 35 heavy (non-hydrogen) atoms. The topological polar surface area (TPSA) is 89.1 Å². The summed E-state index contributed by atoms with van der Waals surface area (Å²) in [5, 5.41) is 7.70. The van der Waals surface area contributed by atoms with Crippen molar-refractivity contribution < 1.29 is 18.0 Å². The van der Waals surface area contributed by atoms with Crippen LogP contribution in [0.3, 0.4) is 0 Å². The van der Waals surface area contributed by atoms with Crippen molar-refractivity contribution in [2.24, 2.45) is 0 Å². The molecule has 5 rings (SSSR count). The summed E-state index contributed by atoms with van der Waals surface area (Å²) < 4.78 is 41.7. The Morgan fingerprint density at radius 2 is 1.94 bits per heavy atom. The highest BCUT2D eigenvalue weighted by molar-refractivity contribution is 5.75. The first-order valence-corrected chi connectivity index (χ1v) is 11.7. The Bertz CT molecular complexity index is 1240. The fourth-order valence-corrected chi connectivity index (χ4v) is 5.25. The van der Waals surface area contributed by atoms with Gasteiger partial charge in [0.25, 0.3) is 0 Å². The molecule has 1 fully saturated rings. The van der Waals surface area contributed by atoms with E-state index in [-0.39, 0.29) is 23.1 Å². The largest absolute Gasteiger partial charge is 0.419 e. The van der Waals surface area contributed by atoms with E-state index in [0.29, 0.717) is 25.3 Å². The van der Waals surface area contributed by atoms with Crippen molar-refractivity contribution in [3.8, 4) is 11.3 Å². The van der Waals surface area contributed by atoms with Gasteiger partial charge in [0.2, 0.25) is 0 Å². The normalized spacial score (nSPS) is 20.3. The molecule has 1 saturated heterocycles. The standard InChI is InChI=1S/C25H27F3N6O/c1-2-19(16-6-4-3-5-7-16)31-23(35)33-10-8-24(15-33)9-11-34-21(24)13-20(32-34)17-12-18(25(26,27)28)22(29)30-14-17/h3-7,12-14,19H,2,8-11,15H2,1H3,(H2,29,30)(H,31,35). The van der Waals surface area contributed by atoms with Gasteiger partial charge in [-0.3, -0.25) is 4.68 Å². The molecule has 4 heterocycles. The van der Waals surface area contributed by atoms with Crippen molar-refractivity contribution in [2.75, 3.05) is 18.8 Å². The lowest BCUT2D eigenvalue weighted by molar-refractivity contribution is -0.137. The Morgan fingerprint density at radius 1 is 1.20 bits per heavy atom. The van der Waals surface area contributed by atoms with Gasteiger partial charge in [0, 0.05) is 42.5 Å². The number of nitrogens with two attached hydrogens (primary N) is 1. The van der Waals surface area contributed by atoms with Crippen molar-refractivity contribution >= 4 is 11.8 Å². The van der Waals surface area contributed by atoms with Crippen molar-refractivity contribution in [3.05, 3.63) is 65.5 Å². The monoisotopic (exact) mass is 484 g/mol. The predicted octanol–water partition coefficient (Wildman–Crippen LogP) is 4.75. The summed E-state index contributed by atoms with van der Waals surface area (Å²) in [6.45, 7) is 3.85. The first-order chi connectivity index (χ1) is 16.7. The maximum Gasteiger partial charge on any atom is 0.419 e. The number of nitrogen functional groups attached to an aromatic ring is 1. The number of fused-ring (bicyclic) bond motifs is 2. The van der Waals surface area contributed by atoms with Gasteiger partial charge in [-0.2, -0.15) is 18.3 Å². The quantitative estimate of drug-likeness (QED) is 0.559. The second-order valence-corrected chi connectivity index (χ2v) is 9.32. The maximum absolute atomic E-state index is 13.3. The Morgan fingerprint density at radius 3 is 2.66 bits per heavy atom. The number of alkyl halides is 3. The van der Waals surface area contributed by atoms with E-state index in [0.717, 1.165) is 36.6 Å². The van der Waals surface area contributed by atoms with Crippen LogP contribution in [0.2, 0.25) is 0 Å². The second kappa shape index (κ2) is 8.58. The molecule has 2 amide bonds. The molecule has 0 bridgehead atoms. The molecule has 184 valence electrons. The molecular formula is C25H27F3N6O. The van der Waals surface area contributed by atoms with Crippen molar-refractivity contribution in [3.63, 3.8) is 0 Å². The van der Waals surface area contributed by atoms with E-state index < -0.39 is 17.6 Å². The number of pyridine rings is 1. The number of benzene rings is 1. The zero-order chi connectivity index (χ0) is 24.8. The molecule has 0 saturated carbocycles. The number of aromatic nitrogens is 3. The Kier molecular flexibility index (Phi) is 5.69. The smallest absolute Gasteiger partial charge is 0.383 e. The van der Waals surface area contributed by atoms with Crippen LogP contribution >= 0.6 is 0 Å². The number of hydrogen-bond acceptors (Lipinski definition) is 4. The van der Waals surface area contributed by atoms with Crippen LogP contribution in [0.15, 0.2) is 48.7 Å². The molecular weight excluding hydrogens is 457 g/mol. The number of urea groups is 1. The van der Waals surface area contributed by atoms with Crippen LogP contribution in [0.1, 0.15) is 49.0 Å². The molecule has 0 aliphatic carbocycles. The fourth-order valence-electron chi connectivity index (χ4n) is 5.25. The number of rotatable bonds is 4. The molecule has 10 heteroatoms. The maximum atomic E-state index is 13.3. The summed E-state index contributed by atoms with van der Waals surface area (Å²) in [7, 11) is 0. The molecule has 1 spiro atoms. The van der Waals surface area contributed by atoms with E-state index in [9.17, 15) is 18.0 Å². The molecule has 2 aliphatic rings. The van der Waals surface area contributed by atoms with Gasteiger partial charge in [0.1, 0.15) is 5.82 Å². The highest BCUT2D eigenvalue weighted by Gasteiger charge is 2.47. The first-order valence-electron chi connectivity index (χ1n) is 11.7. The zero-order valence-corrected chi connectivity index (χ0v) is 19.3. The van der Waals surface area contributed by atoms with Crippen LogP contribution in [-0.4, -0.2) is 38.8 Å². The number of anilines is 1. The van der Waals surface area contributed by atoms with Crippen LogP contribution in [0.4, 0.5) is 23.8 Å². The number of hydrogen-bond donors (Lipinski definition) is 2. The van der Waals surface area contributed by atoms with Crippen LogP contribution in [-0.2, 0) is 18.1 Å². The molecule has 7 nitrogen and oxygen atoms in total. The minimum Gasteiger partial charge on any atom is -0.383 e. The number of carbonyl (C=O) groups is 1. The summed E-state index contributed by atoms with van der Waals surface area (Å²) in [6, 6.07) is 12.5. The first kappa shape index (κ1) is 23.2. The molecule has 3 aromatic rings. The average molecular weight is 485 g/mol. The van der Waals surface area contributed by atoms with Gasteiger partial charge < -0.3 is 16.0 Å². The third-order valence-corrected chi connectivity index (χ3v) is 7.19. The van der Waals surface area contributed by atoms with E-state index in [1.807, 2.05) is 52.9 Å². The minimum atomic E-state index is -4.59. The Balaban J connectivity index is 1.34. The minimum absolute atomic E-state index is 0.0678. The summed E-state index contributed by atoms with van der Waals surface area (Å²) in [5.74, 6) is -0.553. The number of aryl methyl sites for hydroxylation is 1. The molecule has 1 aromatic carbocycles. The van der Waals surface area contributed by atoms with Gasteiger partial charge in [0.15, 0.2) is 0 Å². The summed E-state index contributed by atoms with van der Waals surface area (Å²) >= 11 is 0. The van der Waals surface area contributed by atoms with Gasteiger partial charge >= 0.3 is 12.2 Å². The van der Waals surface area contributed by atoms with Gasteiger partial charge in [0.05, 0.1) is 17.3 Å². The molecule has 2 atom stereocenters. The Hall–Kier alpha value is -3.56. The van der Waals surface area contributed by atoms with Crippen LogP contribution < -0.4 is 11.1 Å². The lowest BCUT2D eigenvalue weighted by Crippen LogP contribution is -2.41. The summed E-state index contributed by atoms with van der Waals surface area (Å²) in [6.07, 6.45) is -0.880. The second-order valence-electron chi connectivity index (χ2n) is 9.32. The van der Waals surface area contributed by atoms with E-state index in [1.165, 1.54) is 6.20 Å². The van der Waals surface area contributed by atoms with Crippen molar-refractivity contribution in [1.29, 1.82) is 0 Å². The third kappa shape index (κ3) is 4.21. The number of halogens is 3. The van der Waals surface area contributed by atoms with E-state index in [1.54, 1.807) is 0 Å². The zero-order valence-electron chi connectivity index (χ0n) is 19.3. The molecule has 2 aromatic heterocycles. The molecule has 3 N–H and O–H groups in total. The predicted molar refractivity (Wildman–Crippen MR) is 125 cm³/mol.